The molecule has 10 rings (SSSR count). The van der Waals surface area contributed by atoms with E-state index in [0.717, 1.165) is 68.2 Å². The number of anilines is 6. The molecule has 10 nitrogen and oxygen atoms in total. The van der Waals surface area contributed by atoms with E-state index < -0.39 is 0 Å². The molecule has 10 heteroatoms. The van der Waals surface area contributed by atoms with Crippen molar-refractivity contribution in [3.63, 3.8) is 0 Å². The van der Waals surface area contributed by atoms with Crippen molar-refractivity contribution in [3.05, 3.63) is 122 Å². The highest BCUT2D eigenvalue weighted by molar-refractivity contribution is 6.08. The molecule has 5 aromatic carbocycles. The lowest BCUT2D eigenvalue weighted by Gasteiger charge is -2.36. The van der Waals surface area contributed by atoms with Gasteiger partial charge in [0.05, 0.1) is 45.2 Å². The molecule has 2 aliphatic heterocycles. The van der Waals surface area contributed by atoms with E-state index in [0.29, 0.717) is 11.3 Å². The molecule has 0 radical (unpaired) electrons. The molecule has 0 amide bonds. The monoisotopic (exact) mass is 572 g/mol. The van der Waals surface area contributed by atoms with Gasteiger partial charge in [0.25, 0.3) is 0 Å². The first-order valence-corrected chi connectivity index (χ1v) is 14.2. The van der Waals surface area contributed by atoms with Crippen molar-refractivity contribution >= 4 is 56.5 Å². The summed E-state index contributed by atoms with van der Waals surface area (Å²) >= 11 is 0. The molecule has 0 N–H and O–H groups in total. The normalized spacial score (nSPS) is 13.3. The predicted molar refractivity (Wildman–Crippen MR) is 167 cm³/mol. The van der Waals surface area contributed by atoms with Crippen LogP contribution < -0.4 is 19.3 Å². The minimum atomic E-state index is 0.603. The van der Waals surface area contributed by atoms with Gasteiger partial charge in [-0.15, -0.1) is 20.4 Å². The molecule has 0 saturated heterocycles. The average molecular weight is 573 g/mol. The maximum atomic E-state index is 6.35. The van der Waals surface area contributed by atoms with Crippen LogP contribution in [0.4, 0.5) is 34.1 Å². The van der Waals surface area contributed by atoms with E-state index in [4.69, 9.17) is 9.47 Å². The summed E-state index contributed by atoms with van der Waals surface area (Å²) in [7, 11) is 0. The highest BCUT2D eigenvalue weighted by atomic mass is 16.5. The molecule has 0 aliphatic carbocycles. The van der Waals surface area contributed by atoms with Gasteiger partial charge in [-0.05, 0) is 60.7 Å². The van der Waals surface area contributed by atoms with Crippen molar-refractivity contribution in [2.75, 3.05) is 9.80 Å². The van der Waals surface area contributed by atoms with Crippen LogP contribution in [0.15, 0.2) is 122 Å². The minimum absolute atomic E-state index is 0.603. The van der Waals surface area contributed by atoms with Gasteiger partial charge in [0.15, 0.2) is 23.0 Å². The minimum Gasteiger partial charge on any atom is -0.453 e. The van der Waals surface area contributed by atoms with Crippen LogP contribution >= 0.6 is 0 Å². The molecule has 0 saturated carbocycles. The maximum Gasteiger partial charge on any atom is 0.206 e. The number of para-hydroxylation sites is 8. The molecule has 0 fully saturated rings. The van der Waals surface area contributed by atoms with Gasteiger partial charge in [-0.3, -0.25) is 8.80 Å². The predicted octanol–water partition coefficient (Wildman–Crippen LogP) is 8.08. The summed E-state index contributed by atoms with van der Waals surface area (Å²) in [4.78, 5) is 4.47. The molecule has 8 aromatic rings. The summed E-state index contributed by atoms with van der Waals surface area (Å²) in [5, 5.41) is 17.6. The fourth-order valence-corrected chi connectivity index (χ4v) is 6.42. The number of ether oxygens (including phenoxy) is 2. The van der Waals surface area contributed by atoms with Gasteiger partial charge in [-0.1, -0.05) is 48.5 Å². The van der Waals surface area contributed by atoms with E-state index >= 15 is 0 Å². The lowest BCUT2D eigenvalue weighted by molar-refractivity contribution is 0.476. The number of hydrogen-bond acceptors (Lipinski definition) is 8. The van der Waals surface area contributed by atoms with Crippen LogP contribution in [-0.2, 0) is 0 Å². The van der Waals surface area contributed by atoms with Gasteiger partial charge >= 0.3 is 0 Å². The summed E-state index contributed by atoms with van der Waals surface area (Å²) in [5.41, 5.74) is 8.49. The SMILES string of the molecule is c1ccc2c(c1)Oc1ccccc1N2c1ccc(N2c3ccccc3Oc3ccccc32)c2c1n1cnnc1c1nncn12. The number of rotatable bonds is 2. The van der Waals surface area contributed by atoms with Gasteiger partial charge in [0.1, 0.15) is 12.7 Å². The summed E-state index contributed by atoms with van der Waals surface area (Å²) in [6.45, 7) is 0. The molecule has 0 atom stereocenters. The molecule has 44 heavy (non-hydrogen) atoms. The van der Waals surface area contributed by atoms with Crippen molar-refractivity contribution in [2.45, 2.75) is 0 Å². The summed E-state index contributed by atoms with van der Waals surface area (Å²) in [6, 6.07) is 36.5. The second-order valence-electron chi connectivity index (χ2n) is 10.6. The van der Waals surface area contributed by atoms with Crippen molar-refractivity contribution in [3.8, 4) is 23.0 Å². The molecule has 208 valence electrons. The second-order valence-corrected chi connectivity index (χ2v) is 10.6. The fourth-order valence-electron chi connectivity index (χ4n) is 6.42. The highest BCUT2D eigenvalue weighted by Gasteiger charge is 2.32. The quantitative estimate of drug-likeness (QED) is 0.206. The van der Waals surface area contributed by atoms with Crippen LogP contribution in [0.5, 0.6) is 23.0 Å². The van der Waals surface area contributed by atoms with Crippen LogP contribution in [0.3, 0.4) is 0 Å². The number of aromatic nitrogens is 6. The van der Waals surface area contributed by atoms with Crippen LogP contribution in [0.2, 0.25) is 0 Å². The van der Waals surface area contributed by atoms with E-state index in [1.165, 1.54) is 0 Å². The topological polar surface area (TPSA) is 85.3 Å². The van der Waals surface area contributed by atoms with Gasteiger partial charge in [0.2, 0.25) is 11.3 Å². The van der Waals surface area contributed by atoms with Gasteiger partial charge in [-0.2, -0.15) is 0 Å². The molecule has 0 bridgehead atoms. The Morgan fingerprint density at radius 1 is 0.386 bits per heavy atom. The van der Waals surface area contributed by atoms with Crippen LogP contribution in [0.25, 0.3) is 22.3 Å². The standard InChI is InChI=1S/C34H20N8O2/c1-5-13-27-21(9-1)41(22-10-2-6-14-28(22)43-27)25-17-18-26(32-31(25)39-19-35-37-33(39)34-38-36-20-40(32)34)42-23-11-3-7-15-29(23)44-30-16-8-4-12-24(30)42/h1-20H. The number of nitrogens with zero attached hydrogens (tertiary/aromatic N) is 8. The maximum absolute atomic E-state index is 6.35. The Labute approximate surface area is 249 Å². The van der Waals surface area contributed by atoms with Crippen LogP contribution in [-0.4, -0.2) is 29.2 Å². The lowest BCUT2D eigenvalue weighted by Crippen LogP contribution is -2.19. The van der Waals surface area contributed by atoms with Crippen molar-refractivity contribution < 1.29 is 9.47 Å². The van der Waals surface area contributed by atoms with Crippen molar-refractivity contribution in [2.24, 2.45) is 0 Å². The molecule has 3 aromatic heterocycles. The van der Waals surface area contributed by atoms with E-state index in [1.54, 1.807) is 12.7 Å². The third kappa shape index (κ3) is 3.03. The Balaban J connectivity index is 1.36. The number of benzene rings is 5. The molecule has 0 spiro atoms. The average Bonchev–Trinajstić information content (AvgIpc) is 3.76. The van der Waals surface area contributed by atoms with E-state index in [2.05, 4.69) is 66.6 Å². The Bertz CT molecular complexity index is 2190. The van der Waals surface area contributed by atoms with Crippen LogP contribution in [0.1, 0.15) is 0 Å². The molecular weight excluding hydrogens is 552 g/mol. The van der Waals surface area contributed by atoms with Gasteiger partial charge in [-0.25, -0.2) is 0 Å². The third-order valence-corrected chi connectivity index (χ3v) is 8.23. The summed E-state index contributed by atoms with van der Waals surface area (Å²) in [6.07, 6.45) is 3.47. The first kappa shape index (κ1) is 23.2. The smallest absolute Gasteiger partial charge is 0.206 e. The van der Waals surface area contributed by atoms with E-state index in [9.17, 15) is 0 Å². The van der Waals surface area contributed by atoms with E-state index in [-0.39, 0.29) is 0 Å². The Morgan fingerprint density at radius 3 is 1.09 bits per heavy atom. The lowest BCUT2D eigenvalue weighted by atomic mass is 10.1. The largest absolute Gasteiger partial charge is 0.453 e. The third-order valence-electron chi connectivity index (χ3n) is 8.23. The zero-order valence-corrected chi connectivity index (χ0v) is 22.9. The zero-order valence-electron chi connectivity index (χ0n) is 22.9. The van der Waals surface area contributed by atoms with E-state index in [1.807, 2.05) is 81.6 Å². The summed E-state index contributed by atoms with van der Waals surface area (Å²) < 4.78 is 16.7. The van der Waals surface area contributed by atoms with Gasteiger partial charge < -0.3 is 19.3 Å². The highest BCUT2D eigenvalue weighted by Crippen LogP contribution is 2.55. The summed E-state index contributed by atoms with van der Waals surface area (Å²) in [5.74, 6) is 3.07. The molecule has 0 unspecified atom stereocenters. The Hall–Kier alpha value is -6.42. The number of hydrogen-bond donors (Lipinski definition) is 0. The number of fused-ring (bicyclic) bond motifs is 10. The Morgan fingerprint density at radius 2 is 0.727 bits per heavy atom. The molecule has 2 aliphatic rings. The Kier molecular flexibility index (Phi) is 4.51. The van der Waals surface area contributed by atoms with Crippen molar-refractivity contribution in [1.29, 1.82) is 0 Å². The fraction of sp³-hybridized carbons (Fsp3) is 0. The molecule has 5 heterocycles. The van der Waals surface area contributed by atoms with Crippen LogP contribution in [0, 0.1) is 0 Å². The zero-order chi connectivity index (χ0) is 28.8. The van der Waals surface area contributed by atoms with Gasteiger partial charge in [0, 0.05) is 0 Å². The second kappa shape index (κ2) is 8.55. The first-order chi connectivity index (χ1) is 21.8. The first-order valence-electron chi connectivity index (χ1n) is 14.2. The molecular formula is C34H20N8O2. The van der Waals surface area contributed by atoms with Crippen molar-refractivity contribution in [1.82, 2.24) is 29.2 Å².